The van der Waals surface area contributed by atoms with Gasteiger partial charge in [-0.05, 0) is 48.9 Å². The highest BCUT2D eigenvalue weighted by atomic mass is 32.2. The number of nitrogens with zero attached hydrogens (tertiary/aromatic N) is 1. The number of carbonyl (C=O) groups is 1. The molecule has 0 spiro atoms. The normalized spacial score (nSPS) is 17.1. The maximum absolute atomic E-state index is 13.0. The zero-order valence-corrected chi connectivity index (χ0v) is 16.0. The van der Waals surface area contributed by atoms with E-state index in [1.165, 1.54) is 0 Å². The van der Waals surface area contributed by atoms with Crippen molar-refractivity contribution >= 4 is 15.9 Å². The van der Waals surface area contributed by atoms with Gasteiger partial charge in [-0.25, -0.2) is 8.42 Å². The van der Waals surface area contributed by atoms with Gasteiger partial charge in [0.2, 0.25) is 10.0 Å². The molecular formula is C21H24N2O3S. The second-order valence-electron chi connectivity index (χ2n) is 7.46. The second-order valence-corrected chi connectivity index (χ2v) is 9.38. The van der Waals surface area contributed by atoms with Gasteiger partial charge < -0.3 is 5.32 Å². The lowest BCUT2D eigenvalue weighted by atomic mass is 10.1. The number of carbonyl (C=O) groups excluding carboxylic acids is 1. The Hall–Kier alpha value is -2.18. The van der Waals surface area contributed by atoms with Gasteiger partial charge in [0.25, 0.3) is 5.91 Å². The highest BCUT2D eigenvalue weighted by Crippen LogP contribution is 2.32. The topological polar surface area (TPSA) is 66.5 Å². The number of rotatable bonds is 8. The highest BCUT2D eigenvalue weighted by Gasteiger charge is 2.37. The molecule has 0 unspecified atom stereocenters. The van der Waals surface area contributed by atoms with Gasteiger partial charge in [0.15, 0.2) is 0 Å². The summed E-state index contributed by atoms with van der Waals surface area (Å²) in [6, 6.07) is 17.0. The van der Waals surface area contributed by atoms with Crippen molar-refractivity contribution in [2.24, 2.45) is 0 Å². The van der Waals surface area contributed by atoms with Crippen LogP contribution in [-0.4, -0.2) is 30.7 Å². The Kier molecular flexibility index (Phi) is 5.02. The molecule has 1 amide bonds. The molecule has 2 aromatic rings. The lowest BCUT2D eigenvalue weighted by Gasteiger charge is -2.22. The Bertz CT molecular complexity index is 902. The molecule has 0 radical (unpaired) electrons. The summed E-state index contributed by atoms with van der Waals surface area (Å²) in [5, 5.41) is 2.96. The minimum absolute atomic E-state index is 0.0201. The lowest BCUT2D eigenvalue weighted by Crippen LogP contribution is -2.33. The molecule has 142 valence electrons. The number of nitrogens with one attached hydrogen (secondary N) is 1. The molecule has 0 bridgehead atoms. The average Bonchev–Trinajstić information content (AvgIpc) is 3.55. The summed E-state index contributed by atoms with van der Waals surface area (Å²) in [7, 11) is -3.39. The minimum Gasteiger partial charge on any atom is -0.349 e. The van der Waals surface area contributed by atoms with Gasteiger partial charge in [0, 0.05) is 24.2 Å². The van der Waals surface area contributed by atoms with Crippen LogP contribution in [0.25, 0.3) is 0 Å². The van der Waals surface area contributed by atoms with Gasteiger partial charge in [-0.1, -0.05) is 42.5 Å². The summed E-state index contributed by atoms with van der Waals surface area (Å²) < 4.78 is 27.5. The third-order valence-corrected chi connectivity index (χ3v) is 6.81. The SMILES string of the molecule is O=C(NC1CC1)c1ccc(CN(C2CC2)S(=O)(=O)Cc2ccccc2)cc1. The van der Waals surface area contributed by atoms with Crippen LogP contribution in [0, 0.1) is 0 Å². The number of hydrogen-bond donors (Lipinski definition) is 1. The monoisotopic (exact) mass is 384 g/mol. The fraction of sp³-hybridized carbons (Fsp3) is 0.381. The summed E-state index contributed by atoms with van der Waals surface area (Å²) in [6.45, 7) is 0.352. The van der Waals surface area contributed by atoms with E-state index in [0.717, 1.165) is 36.8 Å². The molecule has 27 heavy (non-hydrogen) atoms. The van der Waals surface area contributed by atoms with Gasteiger partial charge in [-0.3, -0.25) is 4.79 Å². The molecule has 2 aromatic carbocycles. The highest BCUT2D eigenvalue weighted by molar-refractivity contribution is 7.88. The molecule has 2 fully saturated rings. The standard InChI is InChI=1S/C21H24N2O3S/c24-21(22-19-10-11-19)18-8-6-16(7-9-18)14-23(20-12-13-20)27(25,26)15-17-4-2-1-3-5-17/h1-9,19-20H,10-15H2,(H,22,24). The quantitative estimate of drug-likeness (QED) is 0.761. The number of benzene rings is 2. The van der Waals surface area contributed by atoms with E-state index in [9.17, 15) is 13.2 Å². The predicted octanol–water partition coefficient (Wildman–Crippen LogP) is 3.07. The van der Waals surface area contributed by atoms with Crippen LogP contribution in [0.2, 0.25) is 0 Å². The van der Waals surface area contributed by atoms with Crippen LogP contribution in [0.15, 0.2) is 54.6 Å². The molecule has 5 nitrogen and oxygen atoms in total. The van der Waals surface area contributed by atoms with Crippen LogP contribution >= 0.6 is 0 Å². The van der Waals surface area contributed by atoms with Crippen molar-refractivity contribution in [3.8, 4) is 0 Å². The van der Waals surface area contributed by atoms with Crippen LogP contribution in [-0.2, 0) is 22.3 Å². The van der Waals surface area contributed by atoms with Gasteiger partial charge in [-0.15, -0.1) is 0 Å². The van der Waals surface area contributed by atoms with E-state index in [0.29, 0.717) is 18.2 Å². The Morgan fingerprint density at radius 1 is 0.926 bits per heavy atom. The van der Waals surface area contributed by atoms with Gasteiger partial charge in [0.1, 0.15) is 0 Å². The molecule has 1 N–H and O–H groups in total. The third-order valence-electron chi connectivity index (χ3n) is 4.97. The van der Waals surface area contributed by atoms with E-state index in [1.54, 1.807) is 16.4 Å². The molecular weight excluding hydrogens is 360 g/mol. The predicted molar refractivity (Wildman–Crippen MR) is 105 cm³/mol. The maximum atomic E-state index is 13.0. The van der Waals surface area contributed by atoms with Gasteiger partial charge in [0.05, 0.1) is 5.75 Å². The zero-order valence-electron chi connectivity index (χ0n) is 15.2. The Morgan fingerprint density at radius 3 is 2.19 bits per heavy atom. The summed E-state index contributed by atoms with van der Waals surface area (Å²) in [6.07, 6.45) is 3.94. The van der Waals surface area contributed by atoms with E-state index >= 15 is 0 Å². The minimum atomic E-state index is -3.39. The first-order valence-electron chi connectivity index (χ1n) is 9.44. The van der Waals surface area contributed by atoms with Crippen molar-refractivity contribution in [2.75, 3.05) is 0 Å². The first-order valence-corrected chi connectivity index (χ1v) is 11.1. The summed E-state index contributed by atoms with van der Waals surface area (Å²) >= 11 is 0. The van der Waals surface area contributed by atoms with Crippen LogP contribution in [0.5, 0.6) is 0 Å². The van der Waals surface area contributed by atoms with Crippen LogP contribution < -0.4 is 5.32 Å². The molecule has 2 aliphatic rings. The lowest BCUT2D eigenvalue weighted by molar-refractivity contribution is 0.0951. The molecule has 2 aliphatic carbocycles. The summed E-state index contributed by atoms with van der Waals surface area (Å²) in [5.74, 6) is -0.0357. The molecule has 0 saturated heterocycles. The van der Waals surface area contributed by atoms with Crippen molar-refractivity contribution in [1.82, 2.24) is 9.62 Å². The van der Waals surface area contributed by atoms with E-state index in [1.807, 2.05) is 42.5 Å². The molecule has 0 aliphatic heterocycles. The van der Waals surface area contributed by atoms with Crippen molar-refractivity contribution in [2.45, 2.75) is 50.1 Å². The summed E-state index contributed by atoms with van der Waals surface area (Å²) in [5.41, 5.74) is 2.33. The fourth-order valence-electron chi connectivity index (χ4n) is 3.12. The van der Waals surface area contributed by atoms with Crippen molar-refractivity contribution in [3.05, 3.63) is 71.3 Å². The van der Waals surface area contributed by atoms with Gasteiger partial charge >= 0.3 is 0 Å². The zero-order chi connectivity index (χ0) is 18.9. The Morgan fingerprint density at radius 2 is 1.59 bits per heavy atom. The number of sulfonamides is 1. The van der Waals surface area contributed by atoms with Crippen molar-refractivity contribution in [3.63, 3.8) is 0 Å². The average molecular weight is 385 g/mol. The maximum Gasteiger partial charge on any atom is 0.251 e. The van der Waals surface area contributed by atoms with E-state index in [2.05, 4.69) is 5.32 Å². The summed E-state index contributed by atoms with van der Waals surface area (Å²) in [4.78, 5) is 12.1. The molecule has 0 aromatic heterocycles. The van der Waals surface area contributed by atoms with Crippen LogP contribution in [0.4, 0.5) is 0 Å². The first kappa shape index (κ1) is 18.2. The van der Waals surface area contributed by atoms with Crippen molar-refractivity contribution < 1.29 is 13.2 Å². The fourth-order valence-corrected chi connectivity index (χ4v) is 4.91. The molecule has 0 heterocycles. The Labute approximate surface area is 160 Å². The van der Waals surface area contributed by atoms with Gasteiger partial charge in [-0.2, -0.15) is 4.31 Å². The van der Waals surface area contributed by atoms with E-state index in [-0.39, 0.29) is 17.7 Å². The van der Waals surface area contributed by atoms with E-state index in [4.69, 9.17) is 0 Å². The first-order chi connectivity index (χ1) is 13.0. The van der Waals surface area contributed by atoms with Crippen LogP contribution in [0.1, 0.15) is 47.2 Å². The Balaban J connectivity index is 1.45. The smallest absolute Gasteiger partial charge is 0.251 e. The molecule has 6 heteroatoms. The number of amides is 1. The van der Waals surface area contributed by atoms with Crippen LogP contribution in [0.3, 0.4) is 0 Å². The molecule has 0 atom stereocenters. The van der Waals surface area contributed by atoms with Crippen molar-refractivity contribution in [1.29, 1.82) is 0 Å². The van der Waals surface area contributed by atoms with E-state index < -0.39 is 10.0 Å². The molecule has 4 rings (SSSR count). The largest absolute Gasteiger partial charge is 0.349 e. The molecule has 2 saturated carbocycles. The number of hydrogen-bond acceptors (Lipinski definition) is 3. The second kappa shape index (κ2) is 7.44. The third kappa shape index (κ3) is 4.76.